The van der Waals surface area contributed by atoms with Gasteiger partial charge < -0.3 is 9.69 Å². The molecule has 0 unspecified atom stereocenters. The van der Waals surface area contributed by atoms with Crippen LogP contribution < -0.4 is 0 Å². The Balaban J connectivity index is 1.90. The average Bonchev–Trinajstić information content (AvgIpc) is 2.00. The number of hydrogen-bond acceptors (Lipinski definition) is 2. The van der Waals surface area contributed by atoms with Gasteiger partial charge in [-0.25, -0.2) is 0 Å². The molecule has 2 aliphatic heterocycles. The highest BCUT2D eigenvalue weighted by Crippen LogP contribution is 2.40. The molecular weight excluding hydrogens is 154 g/mol. The maximum Gasteiger partial charge on any atom is 0.225 e. The normalized spacial score (nSPS) is 33.0. The van der Waals surface area contributed by atoms with E-state index in [0.717, 1.165) is 31.6 Å². The average molecular weight is 167 g/mol. The van der Waals surface area contributed by atoms with Crippen molar-refractivity contribution in [2.75, 3.05) is 13.1 Å². The van der Waals surface area contributed by atoms with Crippen molar-refractivity contribution < 1.29 is 9.59 Å². The predicted octanol–water partition coefficient (Wildman–Crippen LogP) is 0.444. The molecule has 3 fully saturated rings. The molecule has 2 saturated heterocycles. The lowest BCUT2D eigenvalue weighted by Crippen LogP contribution is -2.52. The third-order valence-corrected chi connectivity index (χ3v) is 2.89. The lowest BCUT2D eigenvalue weighted by molar-refractivity contribution is -0.149. The number of fused-ring (bicyclic) bond motifs is 2. The van der Waals surface area contributed by atoms with Crippen molar-refractivity contribution in [2.45, 2.75) is 19.3 Å². The third-order valence-electron chi connectivity index (χ3n) is 2.89. The van der Waals surface area contributed by atoms with E-state index in [2.05, 4.69) is 0 Å². The van der Waals surface area contributed by atoms with E-state index in [4.69, 9.17) is 0 Å². The molecule has 3 aliphatic rings. The summed E-state index contributed by atoms with van der Waals surface area (Å²) in [5.74, 6) is 1.31. The van der Waals surface area contributed by atoms with Crippen LogP contribution in [0.4, 0.5) is 0 Å². The topological polar surface area (TPSA) is 37.4 Å². The first-order valence-corrected chi connectivity index (χ1v) is 4.53. The molecule has 3 heteroatoms. The number of aldehydes is 1. The van der Waals surface area contributed by atoms with Crippen LogP contribution in [-0.2, 0) is 9.59 Å². The lowest BCUT2D eigenvalue weighted by atomic mass is 9.70. The molecular formula is C9H13NO2. The van der Waals surface area contributed by atoms with Crippen LogP contribution in [0.15, 0.2) is 0 Å². The second-order valence-electron chi connectivity index (χ2n) is 3.77. The maximum atomic E-state index is 11.5. The van der Waals surface area contributed by atoms with Gasteiger partial charge in [-0.2, -0.15) is 0 Å². The van der Waals surface area contributed by atoms with Gasteiger partial charge in [-0.1, -0.05) is 0 Å². The monoisotopic (exact) mass is 167 g/mol. The number of piperidine rings is 2. The predicted molar refractivity (Wildman–Crippen MR) is 43.5 cm³/mol. The zero-order chi connectivity index (χ0) is 8.55. The van der Waals surface area contributed by atoms with Crippen LogP contribution in [0.1, 0.15) is 19.3 Å². The Hall–Kier alpha value is -0.860. The molecule has 0 aromatic heterocycles. The summed E-state index contributed by atoms with van der Waals surface area (Å²) in [5, 5.41) is 0. The molecule has 1 amide bonds. The van der Waals surface area contributed by atoms with Crippen LogP contribution in [0.5, 0.6) is 0 Å². The molecule has 2 bridgehead atoms. The van der Waals surface area contributed by atoms with E-state index in [0.29, 0.717) is 18.9 Å². The van der Waals surface area contributed by atoms with Crippen molar-refractivity contribution in [3.63, 3.8) is 0 Å². The molecule has 0 aromatic carbocycles. The van der Waals surface area contributed by atoms with Gasteiger partial charge in [0.1, 0.15) is 6.29 Å². The Bertz CT molecular complexity index is 209. The van der Waals surface area contributed by atoms with E-state index in [1.165, 1.54) is 0 Å². The van der Waals surface area contributed by atoms with Crippen molar-refractivity contribution in [1.82, 2.24) is 4.90 Å². The van der Waals surface area contributed by atoms with Crippen LogP contribution >= 0.6 is 0 Å². The van der Waals surface area contributed by atoms with Crippen molar-refractivity contribution in [3.05, 3.63) is 0 Å². The van der Waals surface area contributed by atoms with Gasteiger partial charge >= 0.3 is 0 Å². The first-order valence-electron chi connectivity index (χ1n) is 4.53. The minimum atomic E-state index is 0.277. The van der Waals surface area contributed by atoms with Crippen LogP contribution in [0.3, 0.4) is 0 Å². The first kappa shape index (κ1) is 7.77. The molecule has 3 rings (SSSR count). The molecule has 1 aliphatic carbocycles. The van der Waals surface area contributed by atoms with Gasteiger partial charge in [0.15, 0.2) is 0 Å². The second-order valence-corrected chi connectivity index (χ2v) is 3.77. The summed E-state index contributed by atoms with van der Waals surface area (Å²) in [6.07, 6.45) is 3.56. The fourth-order valence-corrected chi connectivity index (χ4v) is 2.16. The minimum Gasteiger partial charge on any atom is -0.342 e. The Morgan fingerprint density at radius 2 is 2.25 bits per heavy atom. The van der Waals surface area contributed by atoms with E-state index < -0.39 is 0 Å². The van der Waals surface area contributed by atoms with Gasteiger partial charge in [0.25, 0.3) is 0 Å². The highest BCUT2D eigenvalue weighted by molar-refractivity contribution is 5.81. The van der Waals surface area contributed by atoms with Crippen LogP contribution in [-0.4, -0.2) is 30.2 Å². The quantitative estimate of drug-likeness (QED) is 0.572. The molecule has 0 spiro atoms. The molecule has 0 atom stereocenters. The minimum absolute atomic E-state index is 0.277. The molecule has 0 N–H and O–H groups in total. The third kappa shape index (κ3) is 1.13. The largest absolute Gasteiger partial charge is 0.342 e. The zero-order valence-corrected chi connectivity index (χ0v) is 7.03. The van der Waals surface area contributed by atoms with Crippen molar-refractivity contribution in [2.24, 2.45) is 11.8 Å². The number of carbonyl (C=O) groups excluding carboxylic acids is 2. The van der Waals surface area contributed by atoms with Gasteiger partial charge in [-0.05, 0) is 18.8 Å². The fourth-order valence-electron chi connectivity index (χ4n) is 2.16. The van der Waals surface area contributed by atoms with Crippen molar-refractivity contribution in [3.8, 4) is 0 Å². The lowest BCUT2D eigenvalue weighted by Gasteiger charge is -2.46. The van der Waals surface area contributed by atoms with E-state index in [1.54, 1.807) is 0 Å². The molecule has 1 saturated carbocycles. The number of nitrogens with zero attached hydrogens (tertiary/aromatic N) is 1. The molecule has 66 valence electrons. The molecule has 3 nitrogen and oxygen atoms in total. The summed E-state index contributed by atoms with van der Waals surface area (Å²) in [5.41, 5.74) is 0. The van der Waals surface area contributed by atoms with Gasteiger partial charge in [0, 0.05) is 25.4 Å². The van der Waals surface area contributed by atoms with E-state index >= 15 is 0 Å². The fraction of sp³-hybridized carbons (Fsp3) is 0.778. The van der Waals surface area contributed by atoms with Gasteiger partial charge in [0.2, 0.25) is 5.91 Å². The SMILES string of the molecule is O=CCCN1CC2CC(C2)C1=O. The molecule has 0 radical (unpaired) electrons. The number of amides is 1. The summed E-state index contributed by atoms with van der Waals surface area (Å²) < 4.78 is 0. The Morgan fingerprint density at radius 3 is 2.83 bits per heavy atom. The van der Waals surface area contributed by atoms with Crippen molar-refractivity contribution in [1.29, 1.82) is 0 Å². The first-order chi connectivity index (χ1) is 5.81. The van der Waals surface area contributed by atoms with Crippen LogP contribution in [0.25, 0.3) is 0 Å². The summed E-state index contributed by atoms with van der Waals surface area (Å²) in [6.45, 7) is 1.53. The summed E-state index contributed by atoms with van der Waals surface area (Å²) >= 11 is 0. The van der Waals surface area contributed by atoms with Crippen molar-refractivity contribution >= 4 is 12.2 Å². The molecule has 2 heterocycles. The highest BCUT2D eigenvalue weighted by Gasteiger charge is 2.42. The maximum absolute atomic E-state index is 11.5. The van der Waals surface area contributed by atoms with E-state index in [-0.39, 0.29) is 5.91 Å². The van der Waals surface area contributed by atoms with Gasteiger partial charge in [-0.3, -0.25) is 4.79 Å². The number of rotatable bonds is 3. The Morgan fingerprint density at radius 1 is 1.50 bits per heavy atom. The smallest absolute Gasteiger partial charge is 0.225 e. The van der Waals surface area contributed by atoms with Gasteiger partial charge in [-0.15, -0.1) is 0 Å². The number of carbonyl (C=O) groups is 2. The standard InChI is InChI=1S/C9H13NO2/c11-3-1-2-10-6-7-4-8(5-7)9(10)12/h3,7-8H,1-2,4-6H2. The molecule has 0 aromatic rings. The van der Waals surface area contributed by atoms with E-state index in [1.807, 2.05) is 4.90 Å². The summed E-state index contributed by atoms with van der Waals surface area (Å²) in [6, 6.07) is 0. The number of hydrogen-bond donors (Lipinski definition) is 0. The van der Waals surface area contributed by atoms with Crippen LogP contribution in [0.2, 0.25) is 0 Å². The van der Waals surface area contributed by atoms with Crippen LogP contribution in [0, 0.1) is 11.8 Å². The van der Waals surface area contributed by atoms with E-state index in [9.17, 15) is 9.59 Å². The summed E-state index contributed by atoms with van der Waals surface area (Å²) in [7, 11) is 0. The highest BCUT2D eigenvalue weighted by atomic mass is 16.2. The Labute approximate surface area is 71.7 Å². The zero-order valence-electron chi connectivity index (χ0n) is 7.03. The van der Waals surface area contributed by atoms with Gasteiger partial charge in [0.05, 0.1) is 0 Å². The molecule has 12 heavy (non-hydrogen) atoms. The second kappa shape index (κ2) is 2.88. The summed E-state index contributed by atoms with van der Waals surface area (Å²) in [4.78, 5) is 23.4. The Kier molecular flexibility index (Phi) is 1.87.